The van der Waals surface area contributed by atoms with E-state index in [4.69, 9.17) is 11.6 Å². The first kappa shape index (κ1) is 15.4. The predicted molar refractivity (Wildman–Crippen MR) is 92.5 cm³/mol. The summed E-state index contributed by atoms with van der Waals surface area (Å²) in [5.74, 6) is 1.13. The van der Waals surface area contributed by atoms with Gasteiger partial charge < -0.3 is 10.2 Å². The van der Waals surface area contributed by atoms with Gasteiger partial charge in [-0.25, -0.2) is 4.99 Å². The maximum Gasteiger partial charge on any atom is 0.223 e. The number of carbonyl (C=O) groups excluding carboxylic acids is 1. The zero-order valence-corrected chi connectivity index (χ0v) is 14.4. The Labute approximate surface area is 142 Å². The van der Waals surface area contributed by atoms with Crippen LogP contribution in [0.25, 0.3) is 0 Å². The van der Waals surface area contributed by atoms with Crippen molar-refractivity contribution in [3.05, 3.63) is 22.9 Å². The van der Waals surface area contributed by atoms with Crippen LogP contribution in [0, 0.1) is 11.8 Å². The van der Waals surface area contributed by atoms with Crippen LogP contribution < -0.4 is 5.32 Å². The molecule has 1 N–H and O–H groups in total. The van der Waals surface area contributed by atoms with Gasteiger partial charge in [-0.1, -0.05) is 17.7 Å². The SMILES string of the molecule is CC1CC2CC(CC(=O)N3CCCC3)C=C3C=C(Cl)N=CC32N1. The van der Waals surface area contributed by atoms with Crippen molar-refractivity contribution in [3.63, 3.8) is 0 Å². The van der Waals surface area contributed by atoms with Crippen LogP contribution in [0.4, 0.5) is 0 Å². The minimum absolute atomic E-state index is 0.162. The minimum atomic E-state index is -0.162. The van der Waals surface area contributed by atoms with Crippen LogP contribution in [0.1, 0.15) is 39.0 Å². The summed E-state index contributed by atoms with van der Waals surface area (Å²) in [6.07, 6.45) is 11.4. The van der Waals surface area contributed by atoms with Crippen molar-refractivity contribution >= 4 is 23.7 Å². The van der Waals surface area contributed by atoms with Crippen molar-refractivity contribution < 1.29 is 4.79 Å². The van der Waals surface area contributed by atoms with E-state index in [0.29, 0.717) is 35.4 Å². The maximum atomic E-state index is 12.5. The molecule has 2 fully saturated rings. The summed E-state index contributed by atoms with van der Waals surface area (Å²) in [6, 6.07) is 0.466. The Morgan fingerprint density at radius 3 is 3.00 bits per heavy atom. The van der Waals surface area contributed by atoms with Crippen LogP contribution in [0.5, 0.6) is 0 Å². The number of halogens is 1. The van der Waals surface area contributed by atoms with Gasteiger partial charge in [-0.15, -0.1) is 0 Å². The van der Waals surface area contributed by atoms with Crippen molar-refractivity contribution in [1.29, 1.82) is 0 Å². The van der Waals surface area contributed by atoms with Crippen LogP contribution in [0.3, 0.4) is 0 Å². The van der Waals surface area contributed by atoms with E-state index in [1.54, 1.807) is 0 Å². The summed E-state index contributed by atoms with van der Waals surface area (Å²) in [4.78, 5) is 18.9. The predicted octanol–water partition coefficient (Wildman–Crippen LogP) is 2.85. The Morgan fingerprint density at radius 2 is 2.22 bits per heavy atom. The normalized spacial score (nSPS) is 38.9. The average molecular weight is 334 g/mol. The first-order valence-electron chi connectivity index (χ1n) is 8.77. The van der Waals surface area contributed by atoms with E-state index >= 15 is 0 Å². The van der Waals surface area contributed by atoms with E-state index in [1.165, 1.54) is 5.57 Å². The molecule has 0 aromatic carbocycles. The number of likely N-dealkylation sites (tertiary alicyclic amines) is 1. The van der Waals surface area contributed by atoms with Gasteiger partial charge in [0.25, 0.3) is 0 Å². The first-order valence-corrected chi connectivity index (χ1v) is 9.15. The summed E-state index contributed by atoms with van der Waals surface area (Å²) < 4.78 is 0. The fraction of sp³-hybridized carbons (Fsp3) is 0.667. The number of allylic oxidation sites excluding steroid dienone is 1. The van der Waals surface area contributed by atoms with E-state index in [0.717, 1.165) is 38.8 Å². The van der Waals surface area contributed by atoms with Crippen LogP contribution >= 0.6 is 11.6 Å². The highest BCUT2D eigenvalue weighted by molar-refractivity contribution is 6.30. The Morgan fingerprint density at radius 1 is 1.43 bits per heavy atom. The van der Waals surface area contributed by atoms with E-state index in [9.17, 15) is 4.79 Å². The standard InChI is InChI=1S/C18H24ClN3O/c1-12-6-14-7-13(9-17(23)22-4-2-3-5-22)8-15-10-16(19)20-11-18(14,15)21-12/h8,10-14,21H,2-7,9H2,1H3. The Kier molecular flexibility index (Phi) is 3.85. The third kappa shape index (κ3) is 2.66. The number of nitrogens with zero attached hydrogens (tertiary/aromatic N) is 2. The van der Waals surface area contributed by atoms with Crippen molar-refractivity contribution in [2.45, 2.75) is 50.6 Å². The Hall–Kier alpha value is -1.13. The molecule has 2 saturated heterocycles. The van der Waals surface area contributed by atoms with E-state index in [1.807, 2.05) is 17.2 Å². The summed E-state index contributed by atoms with van der Waals surface area (Å²) in [7, 11) is 0. The zero-order chi connectivity index (χ0) is 16.0. The molecule has 0 aromatic rings. The molecule has 4 unspecified atom stereocenters. The summed E-state index contributed by atoms with van der Waals surface area (Å²) in [5, 5.41) is 4.24. The van der Waals surface area contributed by atoms with Gasteiger partial charge >= 0.3 is 0 Å². The molecular formula is C18H24ClN3O. The van der Waals surface area contributed by atoms with Gasteiger partial charge in [0.2, 0.25) is 5.91 Å². The van der Waals surface area contributed by atoms with Gasteiger partial charge in [-0.05, 0) is 56.1 Å². The molecule has 5 heteroatoms. The molecule has 23 heavy (non-hydrogen) atoms. The van der Waals surface area contributed by atoms with Crippen molar-refractivity contribution in [2.24, 2.45) is 16.8 Å². The van der Waals surface area contributed by atoms with Gasteiger partial charge in [0.1, 0.15) is 5.16 Å². The van der Waals surface area contributed by atoms with E-state index in [2.05, 4.69) is 23.3 Å². The molecular weight excluding hydrogens is 310 g/mol. The highest BCUT2D eigenvalue weighted by Gasteiger charge is 2.50. The Balaban J connectivity index is 1.57. The number of nitrogens with one attached hydrogen (secondary N) is 1. The fourth-order valence-electron chi connectivity index (χ4n) is 4.80. The molecule has 0 aromatic heterocycles. The molecule has 1 amide bonds. The van der Waals surface area contributed by atoms with E-state index in [-0.39, 0.29) is 5.54 Å². The smallest absolute Gasteiger partial charge is 0.223 e. The van der Waals surface area contributed by atoms with Crippen molar-refractivity contribution in [2.75, 3.05) is 13.1 Å². The first-order chi connectivity index (χ1) is 11.1. The molecule has 4 rings (SSSR count). The number of hydrogen-bond donors (Lipinski definition) is 1. The topological polar surface area (TPSA) is 44.7 Å². The summed E-state index contributed by atoms with van der Waals surface area (Å²) >= 11 is 6.14. The molecule has 4 aliphatic rings. The Bertz CT molecular complexity index is 605. The third-order valence-electron chi connectivity index (χ3n) is 5.81. The quantitative estimate of drug-likeness (QED) is 0.790. The summed E-state index contributed by atoms with van der Waals surface area (Å²) in [5.41, 5.74) is 1.04. The summed E-state index contributed by atoms with van der Waals surface area (Å²) in [6.45, 7) is 4.10. The molecule has 1 aliphatic carbocycles. The highest BCUT2D eigenvalue weighted by atomic mass is 35.5. The molecule has 4 atom stereocenters. The fourth-order valence-corrected chi connectivity index (χ4v) is 4.97. The molecule has 0 bridgehead atoms. The monoisotopic (exact) mass is 333 g/mol. The number of amides is 1. The van der Waals surface area contributed by atoms with Crippen LogP contribution in [0.15, 0.2) is 27.9 Å². The van der Waals surface area contributed by atoms with Crippen molar-refractivity contribution in [1.82, 2.24) is 10.2 Å². The number of aliphatic imine (C=N–C) groups is 1. The maximum absolute atomic E-state index is 12.5. The third-order valence-corrected chi connectivity index (χ3v) is 6.02. The van der Waals surface area contributed by atoms with Gasteiger partial charge in [-0.2, -0.15) is 0 Å². The molecule has 1 spiro atoms. The van der Waals surface area contributed by atoms with Gasteiger partial charge in [0.05, 0.1) is 5.54 Å². The zero-order valence-electron chi connectivity index (χ0n) is 13.6. The number of carbonyl (C=O) groups is 1. The molecule has 0 radical (unpaired) electrons. The van der Waals surface area contributed by atoms with E-state index < -0.39 is 0 Å². The van der Waals surface area contributed by atoms with Crippen molar-refractivity contribution in [3.8, 4) is 0 Å². The molecule has 124 valence electrons. The second-order valence-corrected chi connectivity index (χ2v) is 7.87. The lowest BCUT2D eigenvalue weighted by Crippen LogP contribution is -2.52. The second kappa shape index (κ2) is 5.75. The van der Waals surface area contributed by atoms with Gasteiger partial charge in [-0.3, -0.25) is 4.79 Å². The molecule has 0 saturated carbocycles. The molecule has 3 heterocycles. The molecule has 3 aliphatic heterocycles. The largest absolute Gasteiger partial charge is 0.343 e. The molecule has 4 nitrogen and oxygen atoms in total. The lowest BCUT2D eigenvalue weighted by molar-refractivity contribution is -0.130. The second-order valence-electron chi connectivity index (χ2n) is 7.48. The highest BCUT2D eigenvalue weighted by Crippen LogP contribution is 2.46. The number of rotatable bonds is 2. The average Bonchev–Trinajstić information content (AvgIpc) is 3.12. The lowest BCUT2D eigenvalue weighted by atomic mass is 9.68. The van der Waals surface area contributed by atoms with Crippen LogP contribution in [-0.4, -0.2) is 41.7 Å². The van der Waals surface area contributed by atoms with Crippen LogP contribution in [-0.2, 0) is 4.79 Å². The minimum Gasteiger partial charge on any atom is -0.343 e. The van der Waals surface area contributed by atoms with Gasteiger partial charge in [0.15, 0.2) is 0 Å². The van der Waals surface area contributed by atoms with Gasteiger partial charge in [0, 0.05) is 31.8 Å². The lowest BCUT2D eigenvalue weighted by Gasteiger charge is -2.41. The number of hydrogen-bond acceptors (Lipinski definition) is 3. The van der Waals surface area contributed by atoms with Crippen LogP contribution in [0.2, 0.25) is 0 Å².